The van der Waals surface area contributed by atoms with E-state index in [1.54, 1.807) is 0 Å². The van der Waals surface area contributed by atoms with E-state index in [1.807, 2.05) is 42.5 Å². The maximum absolute atomic E-state index is 14.5. The average Bonchev–Trinajstić information content (AvgIpc) is 1.41. The normalized spacial score (nSPS) is 23.9. The fourth-order valence-corrected chi connectivity index (χ4v) is 13.9. The fourth-order valence-electron chi connectivity index (χ4n) is 13.9. The van der Waals surface area contributed by atoms with Crippen LogP contribution in [0.3, 0.4) is 0 Å². The molecule has 96 heavy (non-hydrogen) atoms. The molecule has 0 spiro atoms. The summed E-state index contributed by atoms with van der Waals surface area (Å²) in [5.74, 6) is -1.11. The zero-order valence-electron chi connectivity index (χ0n) is 57.6. The van der Waals surface area contributed by atoms with Crippen LogP contribution in [0.15, 0.2) is 138 Å². The van der Waals surface area contributed by atoms with Crippen LogP contribution in [0.2, 0.25) is 0 Å². The van der Waals surface area contributed by atoms with Crippen molar-refractivity contribution in [1.82, 2.24) is 15.3 Å². The number of ether oxygens (including phenoxy) is 4. The van der Waals surface area contributed by atoms with E-state index in [0.717, 1.165) is 81.3 Å². The number of aromatic amines is 2. The number of carbonyl (C=O) groups is 4. The zero-order chi connectivity index (χ0) is 67.6. The first kappa shape index (κ1) is 66.0. The third kappa shape index (κ3) is 13.6. The molecule has 13 rings (SSSR count). The quantitative estimate of drug-likeness (QED) is 0.0621. The molecule has 7 aliphatic heterocycles. The van der Waals surface area contributed by atoms with E-state index in [-0.39, 0.29) is 45.3 Å². The lowest BCUT2D eigenvalue weighted by Gasteiger charge is -2.28. The van der Waals surface area contributed by atoms with Gasteiger partial charge in [-0.1, -0.05) is 138 Å². The van der Waals surface area contributed by atoms with Crippen LogP contribution in [0, 0.1) is 0 Å². The molecule has 4 aromatic carbocycles. The molecule has 6 aromatic rings. The molecule has 0 aliphatic carbocycles. The summed E-state index contributed by atoms with van der Waals surface area (Å²) in [6.07, 6.45) is 11.1. The second kappa shape index (κ2) is 26.1. The van der Waals surface area contributed by atoms with Crippen molar-refractivity contribution in [3.63, 3.8) is 0 Å². The van der Waals surface area contributed by atoms with Crippen molar-refractivity contribution < 1.29 is 38.1 Å². The molecule has 7 aliphatic rings. The van der Waals surface area contributed by atoms with Crippen molar-refractivity contribution >= 4 is 74.4 Å². The molecule has 0 radical (unpaired) electrons. The molecule has 5 atom stereocenters. The molecule has 16 nitrogen and oxygen atoms in total. The number of amides is 4. The summed E-state index contributed by atoms with van der Waals surface area (Å²) < 4.78 is 24.0. The number of anilines is 4. The number of aliphatic imine (C=N–C) groups is 1. The van der Waals surface area contributed by atoms with Gasteiger partial charge >= 0.3 is 0 Å². The predicted molar refractivity (Wildman–Crippen MR) is 382 cm³/mol. The number of aromatic nitrogens is 2. The maximum Gasteiger partial charge on any atom is 0.253 e. The highest BCUT2D eigenvalue weighted by molar-refractivity contribution is 6.33. The fraction of sp³-hybridized carbons (Fsp3) is 0.412. The summed E-state index contributed by atoms with van der Waals surface area (Å²) in [5.41, 5.74) is 15.0. The SMILES string of the molecule is CC(C)(C)c1cc(/C2=C3\C=CC(=N3)/C(c3c(NC(=O)[C@@H]4CCCO4)cccc3NC(=O)[C@@H]3CCCO3)=c3/cc/c([nH]3)=C(\c3cc(C(C)(C)C)cc(C(C)(C)C)c3)C3C=C/C(=C(\c4c(NC(=O)[C@@H]5CCCO5)cccc4NC(=O)[C@@H]4CCCO4)c4ccc2[nH]4)N3)cc(C(C)(C)C)c1. The Morgan fingerprint density at radius 1 is 0.438 bits per heavy atom. The smallest absolute Gasteiger partial charge is 0.253 e. The number of fused-ring (bicyclic) bond motifs is 7. The lowest BCUT2D eigenvalue weighted by molar-refractivity contribution is -0.125. The van der Waals surface area contributed by atoms with E-state index in [4.69, 9.17) is 23.9 Å². The molecular weight excluding hydrogens is 1200 g/mol. The van der Waals surface area contributed by atoms with Crippen LogP contribution in [0.1, 0.15) is 190 Å². The standard InChI is InChI=1S/C80H92N8O8/c1-77(2,3)47-39-45(40-48(43-47)78(4,5)6)67-55-27-31-59(81-55)71(69-51(85-73(89)63-23-15-35-93-63)19-13-20-52(69)86-74(90)64-24-16-36-94-64)61-33-29-57(83-61)68(46-41-49(79(7,8)9)44-50(42-46)80(10,11)12)58-30-34-62(84-58)72(60-32-28-56(67)82-60)70-53(87-75(91)65-25-17-37-95-65)21-14-22-54(70)88-76(92)66-26-18-38-96-66/h13-14,19-22,27-34,39-44,55,63-66,81-83H,15-18,23-26,35-38H2,1-12H3,(H,85,89)(H,86,90)(H,87,91)(H,88,92)/b67-56-,68-58-,71-59+,72-60+/t55?,63-,64-,65-,66-/m0/s1. The molecule has 8 bridgehead atoms. The summed E-state index contributed by atoms with van der Waals surface area (Å²) in [4.78, 5) is 71.8. The third-order valence-corrected chi connectivity index (χ3v) is 19.4. The Morgan fingerprint density at radius 3 is 1.24 bits per heavy atom. The Labute approximate surface area is 563 Å². The summed E-state index contributed by atoms with van der Waals surface area (Å²) in [6.45, 7) is 28.8. The van der Waals surface area contributed by atoms with Gasteiger partial charge in [0, 0.05) is 87.6 Å². The van der Waals surface area contributed by atoms with Crippen LogP contribution in [-0.2, 0) is 59.8 Å². The van der Waals surface area contributed by atoms with Crippen molar-refractivity contribution in [3.8, 4) is 0 Å². The van der Waals surface area contributed by atoms with Crippen molar-refractivity contribution in [3.05, 3.63) is 199 Å². The summed E-state index contributed by atoms with van der Waals surface area (Å²) in [5, 5.41) is 18.7. The Hall–Kier alpha value is -8.67. The van der Waals surface area contributed by atoms with E-state index < -0.39 is 30.5 Å². The van der Waals surface area contributed by atoms with Gasteiger partial charge in [0.15, 0.2) is 0 Å². The van der Waals surface area contributed by atoms with Crippen LogP contribution < -0.4 is 37.3 Å². The molecule has 4 fully saturated rings. The minimum absolute atomic E-state index is 0.247. The average molecular weight is 1290 g/mol. The zero-order valence-corrected chi connectivity index (χ0v) is 57.6. The lowest BCUT2D eigenvalue weighted by atomic mass is 9.78. The first-order valence-corrected chi connectivity index (χ1v) is 34.4. The lowest BCUT2D eigenvalue weighted by Crippen LogP contribution is -2.31. The van der Waals surface area contributed by atoms with Gasteiger partial charge in [0.1, 0.15) is 24.4 Å². The van der Waals surface area contributed by atoms with Gasteiger partial charge in [0.2, 0.25) is 0 Å². The molecule has 2 aromatic heterocycles. The minimum atomic E-state index is -0.656. The number of nitrogens with zero attached hydrogens (tertiary/aromatic N) is 1. The van der Waals surface area contributed by atoms with Crippen molar-refractivity contribution in [2.45, 2.75) is 187 Å². The van der Waals surface area contributed by atoms with Crippen LogP contribution in [0.5, 0.6) is 0 Å². The third-order valence-electron chi connectivity index (χ3n) is 19.4. The van der Waals surface area contributed by atoms with Gasteiger partial charge in [-0.2, -0.15) is 0 Å². The molecule has 16 heteroatoms. The Kier molecular flexibility index (Phi) is 17.9. The number of carbonyl (C=O) groups excluding carboxylic acids is 4. The highest BCUT2D eigenvalue weighted by atomic mass is 16.5. The minimum Gasteiger partial charge on any atom is -0.374 e. The number of hydrogen-bond donors (Lipinski definition) is 7. The molecule has 7 N–H and O–H groups in total. The van der Waals surface area contributed by atoms with Crippen LogP contribution >= 0.6 is 0 Å². The van der Waals surface area contributed by atoms with Gasteiger partial charge in [-0.3, -0.25) is 19.2 Å². The number of rotatable bonds is 12. The Bertz CT molecular complexity index is 4220. The highest BCUT2D eigenvalue weighted by Gasteiger charge is 2.36. The molecule has 0 saturated carbocycles. The highest BCUT2D eigenvalue weighted by Crippen LogP contribution is 2.44. The van der Waals surface area contributed by atoms with E-state index >= 15 is 0 Å². The largest absolute Gasteiger partial charge is 0.374 e. The number of benzene rings is 4. The van der Waals surface area contributed by atoms with Gasteiger partial charge in [-0.05, 0) is 173 Å². The van der Waals surface area contributed by atoms with E-state index in [2.05, 4.69) is 199 Å². The van der Waals surface area contributed by atoms with Gasteiger partial charge in [0.05, 0.1) is 40.2 Å². The number of hydrogen-bond acceptors (Lipinski definition) is 10. The van der Waals surface area contributed by atoms with E-state index in [1.165, 1.54) is 0 Å². The molecule has 1 unspecified atom stereocenters. The van der Waals surface area contributed by atoms with Crippen molar-refractivity contribution in [2.75, 3.05) is 47.7 Å². The van der Waals surface area contributed by atoms with Gasteiger partial charge < -0.3 is 55.5 Å². The topological polar surface area (TPSA) is 209 Å². The second-order valence-electron chi connectivity index (χ2n) is 30.7. The first-order chi connectivity index (χ1) is 45.7. The number of allylic oxidation sites excluding steroid dienone is 3. The first-order valence-electron chi connectivity index (χ1n) is 34.4. The van der Waals surface area contributed by atoms with Crippen LogP contribution in [-0.4, -0.2) is 96.2 Å². The van der Waals surface area contributed by atoms with Gasteiger partial charge in [-0.15, -0.1) is 0 Å². The summed E-state index contributed by atoms with van der Waals surface area (Å²) >= 11 is 0. The maximum atomic E-state index is 14.5. The van der Waals surface area contributed by atoms with Crippen LogP contribution in [0.25, 0.3) is 22.3 Å². The summed E-state index contributed by atoms with van der Waals surface area (Å²) in [6, 6.07) is 32.8. The number of nitrogens with one attached hydrogen (secondary N) is 7. The summed E-state index contributed by atoms with van der Waals surface area (Å²) in [7, 11) is 0. The second-order valence-corrected chi connectivity index (χ2v) is 30.7. The van der Waals surface area contributed by atoms with Crippen LogP contribution in [0.4, 0.5) is 22.7 Å². The number of H-pyrrole nitrogens is 2. The molecular formula is C80H92N8O8. The van der Waals surface area contributed by atoms with E-state index in [0.29, 0.717) is 125 Å². The Balaban J connectivity index is 1.15. The van der Waals surface area contributed by atoms with Crippen molar-refractivity contribution in [1.29, 1.82) is 0 Å². The molecule has 500 valence electrons. The molecule has 4 saturated heterocycles. The predicted octanol–water partition coefficient (Wildman–Crippen LogP) is 13.2. The molecule has 4 amide bonds. The molecule has 9 heterocycles. The monoisotopic (exact) mass is 1290 g/mol. The Morgan fingerprint density at radius 2 is 0.833 bits per heavy atom. The van der Waals surface area contributed by atoms with Crippen molar-refractivity contribution in [2.24, 2.45) is 4.99 Å². The van der Waals surface area contributed by atoms with Gasteiger partial charge in [-0.25, -0.2) is 4.99 Å². The van der Waals surface area contributed by atoms with Gasteiger partial charge in [0.25, 0.3) is 23.6 Å². The van der Waals surface area contributed by atoms with E-state index in [9.17, 15) is 19.2 Å².